The van der Waals surface area contributed by atoms with E-state index in [2.05, 4.69) is 10.1 Å². The molecule has 1 aliphatic heterocycles. The van der Waals surface area contributed by atoms with Crippen molar-refractivity contribution in [3.05, 3.63) is 71.1 Å². The Morgan fingerprint density at radius 2 is 1.59 bits per heavy atom. The SMILES string of the molecule is O=C(c1cc(C(F)(F)F)cc(C(F)(F)F)c1)N1CCCC1c1nc(-c2ccccc2)no1. The van der Waals surface area contributed by atoms with E-state index in [0.717, 1.165) is 4.90 Å². The topological polar surface area (TPSA) is 59.2 Å². The fourth-order valence-corrected chi connectivity index (χ4v) is 3.59. The second-order valence-electron chi connectivity index (χ2n) is 7.27. The van der Waals surface area contributed by atoms with Crippen LogP contribution < -0.4 is 0 Å². The van der Waals surface area contributed by atoms with Gasteiger partial charge in [-0.2, -0.15) is 31.3 Å². The van der Waals surface area contributed by atoms with Crippen LogP contribution in [0.4, 0.5) is 26.3 Å². The van der Waals surface area contributed by atoms with Crippen molar-refractivity contribution in [2.24, 2.45) is 0 Å². The van der Waals surface area contributed by atoms with Crippen molar-refractivity contribution in [2.45, 2.75) is 31.2 Å². The van der Waals surface area contributed by atoms with Crippen LogP contribution in [0.5, 0.6) is 0 Å². The van der Waals surface area contributed by atoms with Gasteiger partial charge in [0.25, 0.3) is 5.91 Å². The Morgan fingerprint density at radius 1 is 0.969 bits per heavy atom. The Morgan fingerprint density at radius 3 is 2.19 bits per heavy atom. The largest absolute Gasteiger partial charge is 0.416 e. The summed E-state index contributed by atoms with van der Waals surface area (Å²) in [5.74, 6) is -0.639. The van der Waals surface area contributed by atoms with Crippen molar-refractivity contribution in [1.29, 1.82) is 0 Å². The average Bonchev–Trinajstić information content (AvgIpc) is 3.42. The first-order valence-electron chi connectivity index (χ1n) is 9.53. The Bertz CT molecular complexity index is 1090. The summed E-state index contributed by atoms with van der Waals surface area (Å²) in [5.41, 5.74) is -3.14. The van der Waals surface area contributed by atoms with E-state index in [1.54, 1.807) is 30.3 Å². The maximum absolute atomic E-state index is 13.2. The third-order valence-corrected chi connectivity index (χ3v) is 5.11. The van der Waals surface area contributed by atoms with E-state index in [1.807, 2.05) is 0 Å². The van der Waals surface area contributed by atoms with Crippen LogP contribution in [-0.4, -0.2) is 27.5 Å². The minimum Gasteiger partial charge on any atom is -0.337 e. The number of halogens is 6. The van der Waals surface area contributed by atoms with Crippen LogP contribution in [0, 0.1) is 0 Å². The molecule has 0 N–H and O–H groups in total. The Labute approximate surface area is 177 Å². The molecule has 1 atom stereocenters. The number of benzene rings is 2. The number of alkyl halides is 6. The summed E-state index contributed by atoms with van der Waals surface area (Å²) < 4.78 is 84.2. The maximum atomic E-state index is 13.2. The smallest absolute Gasteiger partial charge is 0.337 e. The average molecular weight is 455 g/mol. The van der Waals surface area contributed by atoms with Crippen molar-refractivity contribution in [2.75, 3.05) is 6.54 Å². The van der Waals surface area contributed by atoms with E-state index in [1.165, 1.54) is 0 Å². The molecule has 2 heterocycles. The van der Waals surface area contributed by atoms with Gasteiger partial charge in [-0.15, -0.1) is 0 Å². The maximum Gasteiger partial charge on any atom is 0.416 e. The predicted octanol–water partition coefficient (Wildman–Crippen LogP) is 5.75. The molecule has 0 radical (unpaired) electrons. The molecule has 3 aromatic rings. The van der Waals surface area contributed by atoms with Gasteiger partial charge in [0.05, 0.1) is 11.1 Å². The molecule has 1 amide bonds. The highest BCUT2D eigenvalue weighted by Gasteiger charge is 2.40. The molecule has 11 heteroatoms. The normalized spacial score (nSPS) is 17.1. The number of amides is 1. The van der Waals surface area contributed by atoms with Crippen LogP contribution in [-0.2, 0) is 12.4 Å². The fraction of sp³-hybridized carbons (Fsp3) is 0.286. The van der Waals surface area contributed by atoms with Crippen molar-refractivity contribution in [3.63, 3.8) is 0 Å². The van der Waals surface area contributed by atoms with Crippen LogP contribution in [0.2, 0.25) is 0 Å². The molecule has 4 rings (SSSR count). The summed E-state index contributed by atoms with van der Waals surface area (Å²) >= 11 is 0. The van der Waals surface area contributed by atoms with Crippen molar-refractivity contribution in [3.8, 4) is 11.4 Å². The number of carbonyl (C=O) groups excluding carboxylic acids is 1. The van der Waals surface area contributed by atoms with Crippen molar-refractivity contribution in [1.82, 2.24) is 15.0 Å². The van der Waals surface area contributed by atoms with E-state index in [0.29, 0.717) is 30.5 Å². The molecule has 32 heavy (non-hydrogen) atoms. The Kier molecular flexibility index (Phi) is 5.43. The van der Waals surface area contributed by atoms with Crippen LogP contribution in [0.15, 0.2) is 53.1 Å². The minimum atomic E-state index is -5.04. The molecule has 1 unspecified atom stereocenters. The highest BCUT2D eigenvalue weighted by molar-refractivity contribution is 5.95. The lowest BCUT2D eigenvalue weighted by atomic mass is 10.0. The van der Waals surface area contributed by atoms with Gasteiger partial charge < -0.3 is 9.42 Å². The summed E-state index contributed by atoms with van der Waals surface area (Å²) in [6, 6.07) is 8.91. The highest BCUT2D eigenvalue weighted by Crippen LogP contribution is 2.38. The third-order valence-electron chi connectivity index (χ3n) is 5.11. The zero-order valence-corrected chi connectivity index (χ0v) is 16.2. The molecular weight excluding hydrogens is 440 g/mol. The van der Waals surface area contributed by atoms with Crippen molar-refractivity contribution >= 4 is 5.91 Å². The molecule has 0 spiro atoms. The van der Waals surface area contributed by atoms with E-state index < -0.39 is 41.0 Å². The summed E-state index contributed by atoms with van der Waals surface area (Å²) in [7, 11) is 0. The van der Waals surface area contributed by atoms with E-state index >= 15 is 0 Å². The van der Waals surface area contributed by atoms with Crippen LogP contribution in [0.1, 0.15) is 46.3 Å². The second kappa shape index (κ2) is 7.95. The van der Waals surface area contributed by atoms with Gasteiger partial charge in [-0.05, 0) is 31.0 Å². The van der Waals surface area contributed by atoms with Gasteiger partial charge in [-0.1, -0.05) is 35.5 Å². The lowest BCUT2D eigenvalue weighted by Gasteiger charge is -2.23. The first-order valence-corrected chi connectivity index (χ1v) is 9.53. The number of likely N-dealkylation sites (tertiary alicyclic amines) is 1. The summed E-state index contributed by atoms with van der Waals surface area (Å²) in [6.07, 6.45) is -9.23. The Balaban J connectivity index is 1.67. The first kappa shape index (κ1) is 21.8. The van der Waals surface area contributed by atoms with Crippen LogP contribution in [0.3, 0.4) is 0 Å². The van der Waals surface area contributed by atoms with Crippen LogP contribution in [0.25, 0.3) is 11.4 Å². The monoisotopic (exact) mass is 455 g/mol. The number of aromatic nitrogens is 2. The van der Waals surface area contributed by atoms with E-state index in [4.69, 9.17) is 4.52 Å². The summed E-state index contributed by atoms with van der Waals surface area (Å²) in [4.78, 5) is 18.4. The number of hydrogen-bond acceptors (Lipinski definition) is 4. The predicted molar refractivity (Wildman–Crippen MR) is 99.2 cm³/mol. The molecule has 1 aliphatic rings. The standard InChI is InChI=1S/C21H15F6N3O2/c22-20(23,24)14-9-13(10-15(11-14)21(25,26)27)19(31)30-8-4-7-16(30)18-28-17(29-32-18)12-5-2-1-3-6-12/h1-3,5-6,9-11,16H,4,7-8H2. The highest BCUT2D eigenvalue weighted by atomic mass is 19.4. The summed E-state index contributed by atoms with van der Waals surface area (Å²) in [6.45, 7) is 0.129. The lowest BCUT2D eigenvalue weighted by molar-refractivity contribution is -0.143. The van der Waals surface area contributed by atoms with Gasteiger partial charge in [0.1, 0.15) is 6.04 Å². The Hall–Kier alpha value is -3.37. The lowest BCUT2D eigenvalue weighted by Crippen LogP contribution is -2.31. The van der Waals surface area contributed by atoms with Gasteiger partial charge in [0, 0.05) is 17.7 Å². The van der Waals surface area contributed by atoms with E-state index in [-0.39, 0.29) is 24.3 Å². The molecule has 1 fully saturated rings. The van der Waals surface area contributed by atoms with Gasteiger partial charge in [0.15, 0.2) is 0 Å². The molecule has 2 aromatic carbocycles. The van der Waals surface area contributed by atoms with Gasteiger partial charge >= 0.3 is 12.4 Å². The molecule has 0 aliphatic carbocycles. The number of carbonyl (C=O) groups is 1. The molecule has 1 saturated heterocycles. The molecule has 1 aromatic heterocycles. The van der Waals surface area contributed by atoms with E-state index in [9.17, 15) is 31.1 Å². The van der Waals surface area contributed by atoms with Crippen molar-refractivity contribution < 1.29 is 35.7 Å². The second-order valence-corrected chi connectivity index (χ2v) is 7.27. The fourth-order valence-electron chi connectivity index (χ4n) is 3.59. The quantitative estimate of drug-likeness (QED) is 0.472. The zero-order valence-electron chi connectivity index (χ0n) is 16.2. The third kappa shape index (κ3) is 4.32. The van der Waals surface area contributed by atoms with Gasteiger partial charge in [-0.3, -0.25) is 4.79 Å². The summed E-state index contributed by atoms with van der Waals surface area (Å²) in [5, 5.41) is 3.87. The number of nitrogens with zero attached hydrogens (tertiary/aromatic N) is 3. The molecule has 0 bridgehead atoms. The van der Waals surface area contributed by atoms with Gasteiger partial charge in [-0.25, -0.2) is 0 Å². The molecule has 168 valence electrons. The van der Waals surface area contributed by atoms with Crippen LogP contribution >= 0.6 is 0 Å². The number of hydrogen-bond donors (Lipinski definition) is 0. The minimum absolute atomic E-state index is 0.0115. The number of rotatable bonds is 3. The molecular formula is C21H15F6N3O2. The first-order chi connectivity index (χ1) is 15.0. The van der Waals surface area contributed by atoms with Gasteiger partial charge in [0.2, 0.25) is 11.7 Å². The molecule has 5 nitrogen and oxygen atoms in total. The zero-order chi connectivity index (χ0) is 23.1. The molecule has 0 saturated carbocycles.